The SMILES string of the molecule is CCC(C)c1c(-c2cccc(-c3ccccc3)c2)cccc1-c1cc(F)c(-c2cccc(-c3cccc(-c4ccccc4)c3)c2OC)cc1F. The van der Waals surface area contributed by atoms with Gasteiger partial charge in [-0.1, -0.05) is 147 Å². The van der Waals surface area contributed by atoms with Gasteiger partial charge >= 0.3 is 0 Å². The molecule has 0 N–H and O–H groups in total. The molecule has 0 aliphatic rings. The van der Waals surface area contributed by atoms with E-state index in [1.54, 1.807) is 13.2 Å². The van der Waals surface area contributed by atoms with E-state index >= 15 is 8.78 Å². The molecule has 3 heteroatoms. The number of benzene rings is 7. The molecule has 0 fully saturated rings. The van der Waals surface area contributed by atoms with Crippen molar-refractivity contribution in [1.82, 2.24) is 0 Å². The molecule has 0 spiro atoms. The van der Waals surface area contributed by atoms with Crippen molar-refractivity contribution in [2.75, 3.05) is 7.11 Å². The highest BCUT2D eigenvalue weighted by molar-refractivity contribution is 5.87. The summed E-state index contributed by atoms with van der Waals surface area (Å²) in [6, 6.07) is 51.2. The third-order valence-electron chi connectivity index (χ3n) is 9.63. The van der Waals surface area contributed by atoms with Gasteiger partial charge < -0.3 is 4.74 Å². The number of ether oxygens (including phenoxy) is 1. The van der Waals surface area contributed by atoms with Crippen LogP contribution in [0.1, 0.15) is 31.7 Å². The van der Waals surface area contributed by atoms with Crippen molar-refractivity contribution >= 4 is 0 Å². The van der Waals surface area contributed by atoms with Crippen molar-refractivity contribution in [3.8, 4) is 72.5 Å². The monoisotopic (exact) mass is 656 g/mol. The lowest BCUT2D eigenvalue weighted by Gasteiger charge is -2.22. The fourth-order valence-corrected chi connectivity index (χ4v) is 6.94. The number of hydrogen-bond acceptors (Lipinski definition) is 1. The van der Waals surface area contributed by atoms with Crippen LogP contribution in [0.25, 0.3) is 66.8 Å². The summed E-state index contributed by atoms with van der Waals surface area (Å²) in [5, 5.41) is 0. The second-order valence-electron chi connectivity index (χ2n) is 12.7. The fourth-order valence-electron chi connectivity index (χ4n) is 6.94. The van der Waals surface area contributed by atoms with Gasteiger partial charge in [-0.25, -0.2) is 8.78 Å². The molecule has 0 saturated carbocycles. The van der Waals surface area contributed by atoms with E-state index in [4.69, 9.17) is 4.74 Å². The van der Waals surface area contributed by atoms with Crippen LogP contribution in [0.2, 0.25) is 0 Å². The zero-order valence-corrected chi connectivity index (χ0v) is 28.5. The van der Waals surface area contributed by atoms with Crippen molar-refractivity contribution in [3.05, 3.63) is 175 Å². The average molecular weight is 657 g/mol. The van der Waals surface area contributed by atoms with Crippen LogP contribution in [0.15, 0.2) is 158 Å². The Morgan fingerprint density at radius 2 is 0.860 bits per heavy atom. The molecule has 0 radical (unpaired) electrons. The molecule has 1 atom stereocenters. The summed E-state index contributed by atoms with van der Waals surface area (Å²) in [4.78, 5) is 0. The van der Waals surface area contributed by atoms with Gasteiger partial charge in [0.25, 0.3) is 0 Å². The van der Waals surface area contributed by atoms with E-state index in [0.29, 0.717) is 16.9 Å². The van der Waals surface area contributed by atoms with E-state index in [1.165, 1.54) is 12.1 Å². The lowest BCUT2D eigenvalue weighted by molar-refractivity contribution is 0.417. The third kappa shape index (κ3) is 6.35. The zero-order valence-electron chi connectivity index (χ0n) is 28.5. The maximum atomic E-state index is 16.5. The zero-order chi connectivity index (χ0) is 34.6. The van der Waals surface area contributed by atoms with Gasteiger partial charge in [-0.15, -0.1) is 0 Å². The van der Waals surface area contributed by atoms with Crippen molar-refractivity contribution < 1.29 is 13.5 Å². The Morgan fingerprint density at radius 1 is 0.440 bits per heavy atom. The molecule has 0 amide bonds. The fraction of sp³-hybridized carbons (Fsp3) is 0.106. The number of halogens is 2. The van der Waals surface area contributed by atoms with Gasteiger partial charge in [-0.3, -0.25) is 0 Å². The van der Waals surface area contributed by atoms with E-state index in [2.05, 4.69) is 80.6 Å². The van der Waals surface area contributed by atoms with Crippen LogP contribution < -0.4 is 4.74 Å². The minimum atomic E-state index is -0.513. The third-order valence-corrected chi connectivity index (χ3v) is 9.63. The molecule has 0 aliphatic heterocycles. The molecule has 1 nitrogen and oxygen atoms in total. The first-order valence-electron chi connectivity index (χ1n) is 17.1. The molecule has 7 aromatic carbocycles. The highest BCUT2D eigenvalue weighted by Crippen LogP contribution is 2.44. The molecule has 7 rings (SSSR count). The van der Waals surface area contributed by atoms with Crippen LogP contribution in [0.4, 0.5) is 8.78 Å². The van der Waals surface area contributed by atoms with Gasteiger partial charge in [0.2, 0.25) is 0 Å². The maximum absolute atomic E-state index is 16.5. The second kappa shape index (κ2) is 14.4. The van der Waals surface area contributed by atoms with E-state index in [9.17, 15) is 0 Å². The Morgan fingerprint density at radius 3 is 1.40 bits per heavy atom. The Hall–Kier alpha value is -5.80. The first-order valence-corrected chi connectivity index (χ1v) is 17.1. The number of methoxy groups -OCH3 is 1. The maximum Gasteiger partial charge on any atom is 0.134 e. The summed E-state index contributed by atoms with van der Waals surface area (Å²) in [6.45, 7) is 4.27. The summed E-state index contributed by atoms with van der Waals surface area (Å²) in [7, 11) is 1.57. The van der Waals surface area contributed by atoms with E-state index in [0.717, 1.165) is 56.5 Å². The van der Waals surface area contributed by atoms with Gasteiger partial charge in [0, 0.05) is 22.3 Å². The summed E-state index contributed by atoms with van der Waals surface area (Å²) in [5.41, 5.74) is 10.8. The van der Waals surface area contributed by atoms with Crippen LogP contribution >= 0.6 is 0 Å². The van der Waals surface area contributed by atoms with Crippen LogP contribution in [0.3, 0.4) is 0 Å². The van der Waals surface area contributed by atoms with E-state index < -0.39 is 11.6 Å². The Kier molecular flexibility index (Phi) is 9.40. The van der Waals surface area contributed by atoms with Gasteiger partial charge in [0.05, 0.1) is 7.11 Å². The molecule has 246 valence electrons. The Balaban J connectivity index is 1.32. The molecule has 0 bridgehead atoms. The summed E-state index contributed by atoms with van der Waals surface area (Å²) in [5.74, 6) is -0.405. The predicted octanol–water partition coefficient (Wildman–Crippen LogP) is 13.5. The second-order valence-corrected chi connectivity index (χ2v) is 12.7. The summed E-state index contributed by atoms with van der Waals surface area (Å²) in [6.07, 6.45) is 0.847. The Bertz CT molecular complexity index is 2270. The normalized spacial score (nSPS) is 11.7. The minimum Gasteiger partial charge on any atom is -0.495 e. The van der Waals surface area contributed by atoms with Crippen molar-refractivity contribution in [2.24, 2.45) is 0 Å². The predicted molar refractivity (Wildman–Crippen MR) is 204 cm³/mol. The first-order chi connectivity index (χ1) is 24.5. The molecule has 1 unspecified atom stereocenters. The van der Waals surface area contributed by atoms with Crippen molar-refractivity contribution in [3.63, 3.8) is 0 Å². The molecule has 50 heavy (non-hydrogen) atoms. The molecule has 7 aromatic rings. The van der Waals surface area contributed by atoms with Crippen molar-refractivity contribution in [2.45, 2.75) is 26.2 Å². The van der Waals surface area contributed by atoms with Crippen LogP contribution in [-0.4, -0.2) is 7.11 Å². The molecule has 0 aromatic heterocycles. The van der Waals surface area contributed by atoms with Crippen LogP contribution in [0, 0.1) is 11.6 Å². The number of rotatable bonds is 9. The van der Waals surface area contributed by atoms with E-state index in [1.807, 2.05) is 72.8 Å². The highest BCUT2D eigenvalue weighted by atomic mass is 19.1. The average Bonchev–Trinajstić information content (AvgIpc) is 3.18. The molecular formula is C47H38F2O. The van der Waals surface area contributed by atoms with Crippen LogP contribution in [-0.2, 0) is 0 Å². The number of para-hydroxylation sites is 1. The summed E-state index contributed by atoms with van der Waals surface area (Å²) >= 11 is 0. The highest BCUT2D eigenvalue weighted by Gasteiger charge is 2.23. The van der Waals surface area contributed by atoms with Gasteiger partial charge in [0.15, 0.2) is 0 Å². The largest absolute Gasteiger partial charge is 0.495 e. The number of hydrogen-bond donors (Lipinski definition) is 0. The molecule has 0 saturated heterocycles. The topological polar surface area (TPSA) is 9.23 Å². The summed E-state index contributed by atoms with van der Waals surface area (Å²) < 4.78 is 38.8. The first kappa shape index (κ1) is 32.7. The lowest BCUT2D eigenvalue weighted by Crippen LogP contribution is -2.02. The van der Waals surface area contributed by atoms with Crippen molar-refractivity contribution in [1.29, 1.82) is 0 Å². The minimum absolute atomic E-state index is 0.104. The standard InChI is InChI=1S/C47H38F2O/c1-4-31(2)46-38(36-21-11-19-34(27-36)32-15-7-5-8-16-32)23-13-25-40(46)42-29-45(49)43(30-44(42)48)41-26-14-24-39(47(41)50-3)37-22-12-20-35(28-37)33-17-9-6-10-18-33/h5-31H,4H2,1-3H3. The van der Waals surface area contributed by atoms with Gasteiger partial charge in [0.1, 0.15) is 17.4 Å². The van der Waals surface area contributed by atoms with E-state index in [-0.39, 0.29) is 17.0 Å². The Labute approximate surface area is 293 Å². The van der Waals surface area contributed by atoms with Gasteiger partial charge in [-0.05, 0) is 86.7 Å². The smallest absolute Gasteiger partial charge is 0.134 e. The molecule has 0 heterocycles. The lowest BCUT2D eigenvalue weighted by atomic mass is 9.83. The molecule has 0 aliphatic carbocycles. The van der Waals surface area contributed by atoms with Gasteiger partial charge in [-0.2, -0.15) is 0 Å². The van der Waals surface area contributed by atoms with Crippen LogP contribution in [0.5, 0.6) is 5.75 Å². The quantitative estimate of drug-likeness (QED) is 0.150. The molecular weight excluding hydrogens is 619 g/mol.